The Labute approximate surface area is 268 Å². The van der Waals surface area contributed by atoms with Crippen LogP contribution in [-0.4, -0.2) is 46.7 Å². The van der Waals surface area contributed by atoms with Crippen LogP contribution in [0.3, 0.4) is 0 Å². The van der Waals surface area contributed by atoms with E-state index >= 15 is 0 Å². The molecule has 0 unspecified atom stereocenters. The largest absolute Gasteiger partial charge is 0.478 e. The summed E-state index contributed by atoms with van der Waals surface area (Å²) in [6.45, 7) is 0. The zero-order chi connectivity index (χ0) is 33.2. The highest BCUT2D eigenvalue weighted by Crippen LogP contribution is 2.26. The van der Waals surface area contributed by atoms with Crippen molar-refractivity contribution < 1.29 is 24.6 Å². The molecule has 0 bridgehead atoms. The summed E-state index contributed by atoms with van der Waals surface area (Å²) in [5, 5.41) is 24.8. The lowest BCUT2D eigenvalue weighted by Crippen LogP contribution is -2.44. The molecule has 0 saturated carbocycles. The number of rotatable bonds is 8. The smallest absolute Gasteiger partial charge is 0.335 e. The van der Waals surface area contributed by atoms with Gasteiger partial charge in [0.25, 0.3) is 11.5 Å². The second-order valence-electron chi connectivity index (χ2n) is 10.9. The molecule has 47 heavy (non-hydrogen) atoms. The van der Waals surface area contributed by atoms with Gasteiger partial charge in [0, 0.05) is 30.6 Å². The van der Waals surface area contributed by atoms with E-state index in [2.05, 4.69) is 5.10 Å². The number of pyridine rings is 1. The molecule has 1 amide bonds. The quantitative estimate of drug-likeness (QED) is 0.257. The highest BCUT2D eigenvalue weighted by atomic mass is 16.4. The standard InChI is InChI=1S/C37H28N4O6/c1-39(2)27-17-11-23(12-18-27)7-6-10-30-31(24-8-4-3-5-9-24)32-33(40(34(30)42)28-19-13-25(14-20-28)36(44)45)38-41(35(32)43)29-21-15-26(16-22-29)37(46)47/h3-22H,1-2H3,(H,44,45)(H,46,47)/b7-6?,30-10-. The number of carbonyl (C=O) groups excluding carboxylic acids is 1. The Balaban J connectivity index is 1.62. The summed E-state index contributed by atoms with van der Waals surface area (Å²) in [6.07, 6.45) is 5.26. The molecule has 10 heteroatoms. The molecule has 0 saturated heterocycles. The molecule has 1 aromatic heterocycles. The van der Waals surface area contributed by atoms with Crippen LogP contribution in [0.25, 0.3) is 29.0 Å². The van der Waals surface area contributed by atoms with E-state index in [1.165, 1.54) is 53.1 Å². The first-order valence-electron chi connectivity index (χ1n) is 14.5. The van der Waals surface area contributed by atoms with Gasteiger partial charge in [-0.2, -0.15) is 5.01 Å². The molecule has 2 heterocycles. The van der Waals surface area contributed by atoms with Crippen LogP contribution in [0, 0.1) is 0 Å². The number of aromatic nitrogens is 1. The molecule has 5 aromatic rings. The van der Waals surface area contributed by atoms with E-state index in [-0.39, 0.29) is 27.4 Å². The van der Waals surface area contributed by atoms with Crippen LogP contribution in [0.1, 0.15) is 36.6 Å². The molecule has 1 aliphatic rings. The van der Waals surface area contributed by atoms with E-state index in [1.54, 1.807) is 24.3 Å². The summed E-state index contributed by atoms with van der Waals surface area (Å²) in [4.78, 5) is 53.8. The van der Waals surface area contributed by atoms with Crippen molar-refractivity contribution in [3.63, 3.8) is 0 Å². The monoisotopic (exact) mass is 624 g/mol. The number of carboxylic acids is 2. The highest BCUT2D eigenvalue weighted by molar-refractivity contribution is 6.11. The number of benzene rings is 4. The second-order valence-corrected chi connectivity index (χ2v) is 10.9. The number of anilines is 2. The molecule has 0 atom stereocenters. The lowest BCUT2D eigenvalue weighted by molar-refractivity contribution is 0.0686. The first-order chi connectivity index (χ1) is 22.6. The number of amides is 1. The summed E-state index contributed by atoms with van der Waals surface area (Å²) in [5.74, 6) is -2.76. The van der Waals surface area contributed by atoms with Crippen LogP contribution in [-0.2, 0) is 0 Å². The molecule has 232 valence electrons. The Morgan fingerprint density at radius 1 is 0.723 bits per heavy atom. The zero-order valence-corrected chi connectivity index (χ0v) is 25.4. The van der Waals surface area contributed by atoms with Gasteiger partial charge in [0.15, 0.2) is 5.49 Å². The number of allylic oxidation sites excluding steroid dienone is 1. The number of carboxylic acid groups (broad SMARTS) is 2. The van der Waals surface area contributed by atoms with Gasteiger partial charge in [-0.05, 0) is 77.9 Å². The lowest BCUT2D eigenvalue weighted by atomic mass is 9.97. The van der Waals surface area contributed by atoms with Gasteiger partial charge in [-0.3, -0.25) is 14.2 Å². The normalized spacial score (nSPS) is 12.7. The van der Waals surface area contributed by atoms with E-state index in [1.807, 2.05) is 67.5 Å². The fourth-order valence-electron chi connectivity index (χ4n) is 5.34. The maximum atomic E-state index is 14.5. The van der Waals surface area contributed by atoms with Gasteiger partial charge in [-0.1, -0.05) is 54.6 Å². The van der Waals surface area contributed by atoms with E-state index in [4.69, 9.17) is 0 Å². The Hall–Kier alpha value is -6.55. The van der Waals surface area contributed by atoms with E-state index in [9.17, 15) is 29.4 Å². The van der Waals surface area contributed by atoms with E-state index in [0.29, 0.717) is 22.5 Å². The average Bonchev–Trinajstić information content (AvgIpc) is 3.41. The molecule has 4 aromatic carbocycles. The molecule has 0 aliphatic carbocycles. The first kappa shape index (κ1) is 30.5. The van der Waals surface area contributed by atoms with Crippen molar-refractivity contribution in [2.75, 3.05) is 24.0 Å². The lowest BCUT2D eigenvalue weighted by Gasteiger charge is -2.14. The van der Waals surface area contributed by atoms with Crippen LogP contribution >= 0.6 is 0 Å². The molecular formula is C37H28N4O6. The van der Waals surface area contributed by atoms with Crippen LogP contribution in [0.15, 0.2) is 119 Å². The number of carbonyl (C=O) groups is 3. The number of hydrogen-bond acceptors (Lipinski definition) is 6. The van der Waals surface area contributed by atoms with Crippen molar-refractivity contribution >= 4 is 41.4 Å². The van der Waals surface area contributed by atoms with Gasteiger partial charge in [0.2, 0.25) is 0 Å². The third-order valence-electron chi connectivity index (χ3n) is 7.74. The van der Waals surface area contributed by atoms with Gasteiger partial charge in [-0.15, -0.1) is 5.10 Å². The van der Waals surface area contributed by atoms with Crippen LogP contribution in [0.5, 0.6) is 0 Å². The van der Waals surface area contributed by atoms with Gasteiger partial charge >= 0.3 is 11.9 Å². The summed E-state index contributed by atoms with van der Waals surface area (Å²) < 4.78 is 1.29. The number of fused-ring (bicyclic) bond motifs is 1. The maximum absolute atomic E-state index is 14.5. The number of hydrogen-bond donors (Lipinski definition) is 2. The Kier molecular flexibility index (Phi) is 8.07. The van der Waals surface area contributed by atoms with Crippen molar-refractivity contribution in [3.05, 3.63) is 153 Å². The fourth-order valence-corrected chi connectivity index (χ4v) is 5.34. The summed E-state index contributed by atoms with van der Waals surface area (Å²) >= 11 is 0. The predicted octanol–water partition coefficient (Wildman–Crippen LogP) is 4.66. The van der Waals surface area contributed by atoms with Crippen LogP contribution < -0.4 is 26.2 Å². The topological polar surface area (TPSA) is 133 Å². The Morgan fingerprint density at radius 3 is 1.85 bits per heavy atom. The van der Waals surface area contributed by atoms with E-state index < -0.39 is 23.4 Å². The van der Waals surface area contributed by atoms with Gasteiger partial charge in [0.05, 0.1) is 28.1 Å². The predicted molar refractivity (Wildman–Crippen MR) is 180 cm³/mol. The minimum atomic E-state index is -1.12. The fraction of sp³-hybridized carbons (Fsp3) is 0.0541. The third-order valence-corrected chi connectivity index (χ3v) is 7.74. The van der Waals surface area contributed by atoms with Gasteiger partial charge in [0.1, 0.15) is 0 Å². The molecular weight excluding hydrogens is 596 g/mol. The SMILES string of the molecule is CN(C)c1ccc(C=C/C=c2/c(-c3ccccc3)c3c(n(-c4ccc(C(=O)O)cc4)c2=O)=NN(c2ccc(C(=O)O)cc2)C3=O)cc1. The summed E-state index contributed by atoms with van der Waals surface area (Å²) in [6, 6.07) is 28.4. The zero-order valence-electron chi connectivity index (χ0n) is 25.4. The molecule has 10 nitrogen and oxygen atoms in total. The van der Waals surface area contributed by atoms with Gasteiger partial charge < -0.3 is 15.1 Å². The average molecular weight is 625 g/mol. The van der Waals surface area contributed by atoms with Gasteiger partial charge in [-0.25, -0.2) is 9.59 Å². The van der Waals surface area contributed by atoms with Crippen molar-refractivity contribution in [1.29, 1.82) is 0 Å². The van der Waals surface area contributed by atoms with Crippen molar-refractivity contribution in [3.8, 4) is 16.8 Å². The maximum Gasteiger partial charge on any atom is 0.335 e. The third kappa shape index (κ3) is 5.83. The molecule has 1 aliphatic heterocycles. The van der Waals surface area contributed by atoms with E-state index in [0.717, 1.165) is 16.3 Å². The number of aromatic carboxylic acids is 2. The Morgan fingerprint density at radius 2 is 1.30 bits per heavy atom. The summed E-state index contributed by atoms with van der Waals surface area (Å²) in [7, 11) is 3.91. The van der Waals surface area contributed by atoms with Crippen LogP contribution in [0.2, 0.25) is 0 Å². The molecule has 2 N–H and O–H groups in total. The molecule has 0 spiro atoms. The minimum Gasteiger partial charge on any atom is -0.478 e. The van der Waals surface area contributed by atoms with Crippen molar-refractivity contribution in [2.24, 2.45) is 5.10 Å². The molecule has 0 radical (unpaired) electrons. The first-order valence-corrected chi connectivity index (χ1v) is 14.5. The van der Waals surface area contributed by atoms with Crippen molar-refractivity contribution in [1.82, 2.24) is 4.57 Å². The molecule has 6 rings (SSSR count). The van der Waals surface area contributed by atoms with Crippen LogP contribution in [0.4, 0.5) is 11.4 Å². The second kappa shape index (κ2) is 12.4. The number of nitrogens with zero attached hydrogens (tertiary/aromatic N) is 4. The minimum absolute atomic E-state index is 0.0301. The van der Waals surface area contributed by atoms with Crippen molar-refractivity contribution in [2.45, 2.75) is 0 Å². The summed E-state index contributed by atoms with van der Waals surface area (Å²) in [5.41, 5.74) is 3.39. The molecule has 0 fully saturated rings. The Bertz CT molecular complexity index is 2240. The highest BCUT2D eigenvalue weighted by Gasteiger charge is 2.33.